The number of carbonyl (C=O) groups excluding carboxylic acids is 1. The van der Waals surface area contributed by atoms with Gasteiger partial charge in [-0.1, -0.05) is 22.0 Å². The van der Waals surface area contributed by atoms with Crippen molar-refractivity contribution in [3.8, 4) is 0 Å². The van der Waals surface area contributed by atoms with Crippen molar-refractivity contribution in [3.05, 3.63) is 40.9 Å². The lowest BCUT2D eigenvalue weighted by Gasteiger charge is -2.14. The van der Waals surface area contributed by atoms with Crippen molar-refractivity contribution in [2.75, 3.05) is 5.32 Å². The molecule has 0 spiro atoms. The van der Waals surface area contributed by atoms with Gasteiger partial charge in [0, 0.05) is 4.47 Å². The van der Waals surface area contributed by atoms with Gasteiger partial charge in [-0.3, -0.25) is 0 Å². The van der Waals surface area contributed by atoms with E-state index in [0.29, 0.717) is 0 Å². The number of carbonyl (C=O) groups is 2. The van der Waals surface area contributed by atoms with E-state index in [1.807, 2.05) is 5.32 Å². The van der Waals surface area contributed by atoms with Gasteiger partial charge in [0.1, 0.15) is 11.7 Å². The summed E-state index contributed by atoms with van der Waals surface area (Å²) in [5.41, 5.74) is -0.659. The summed E-state index contributed by atoms with van der Waals surface area (Å²) in [5, 5.41) is 12.8. The van der Waals surface area contributed by atoms with Gasteiger partial charge in [0.25, 0.3) is 0 Å². The number of anilines is 1. The third-order valence-corrected chi connectivity index (χ3v) is 2.71. The molecule has 3 N–H and O–H groups in total. The molecule has 1 aromatic rings. The van der Waals surface area contributed by atoms with Gasteiger partial charge in [-0.25, -0.2) is 18.4 Å². The van der Waals surface area contributed by atoms with Gasteiger partial charge in [0.2, 0.25) is 0 Å². The number of benzene rings is 1. The van der Waals surface area contributed by atoms with Gasteiger partial charge in [0.15, 0.2) is 11.6 Å². The van der Waals surface area contributed by atoms with Crippen LogP contribution < -0.4 is 10.6 Å². The van der Waals surface area contributed by atoms with E-state index in [2.05, 4.69) is 27.8 Å². The van der Waals surface area contributed by atoms with E-state index in [4.69, 9.17) is 5.11 Å². The zero-order valence-electron chi connectivity index (χ0n) is 10.1. The van der Waals surface area contributed by atoms with Crippen LogP contribution in [0.3, 0.4) is 0 Å². The zero-order chi connectivity index (χ0) is 15.3. The molecule has 0 heterocycles. The fraction of sp³-hybridized carbons (Fsp3) is 0.167. The van der Waals surface area contributed by atoms with Crippen LogP contribution in [0.2, 0.25) is 0 Å². The first-order chi connectivity index (χ1) is 9.35. The van der Waals surface area contributed by atoms with Crippen molar-refractivity contribution in [2.24, 2.45) is 0 Å². The van der Waals surface area contributed by atoms with Crippen LogP contribution in [0.25, 0.3) is 0 Å². The van der Waals surface area contributed by atoms with E-state index in [1.54, 1.807) is 0 Å². The second-order valence-electron chi connectivity index (χ2n) is 3.76. The molecule has 108 valence electrons. The number of hydrogen-bond acceptors (Lipinski definition) is 2. The quantitative estimate of drug-likeness (QED) is 0.716. The number of halogens is 3. The molecule has 0 saturated heterocycles. The molecule has 1 aromatic carbocycles. The molecule has 1 unspecified atom stereocenters. The Morgan fingerprint density at radius 3 is 2.40 bits per heavy atom. The number of rotatable bonds is 5. The second-order valence-corrected chi connectivity index (χ2v) is 4.67. The average molecular weight is 349 g/mol. The molecule has 0 saturated carbocycles. The molecule has 1 atom stereocenters. The molecule has 2 amide bonds. The minimum absolute atomic E-state index is 0.0198. The predicted molar refractivity (Wildman–Crippen MR) is 72.5 cm³/mol. The molecule has 0 aliphatic heterocycles. The Balaban J connectivity index is 2.81. The predicted octanol–water partition coefficient (Wildman–Crippen LogP) is 2.88. The summed E-state index contributed by atoms with van der Waals surface area (Å²) >= 11 is 2.90. The fourth-order valence-electron chi connectivity index (χ4n) is 1.36. The summed E-state index contributed by atoms with van der Waals surface area (Å²) < 4.78 is 27.1. The molecule has 8 heteroatoms. The van der Waals surface area contributed by atoms with Gasteiger partial charge in [-0.05, 0) is 18.6 Å². The molecule has 20 heavy (non-hydrogen) atoms. The Kier molecular flexibility index (Phi) is 5.63. The average Bonchev–Trinajstić information content (AvgIpc) is 2.33. The number of nitrogens with one attached hydrogen (secondary N) is 2. The monoisotopic (exact) mass is 348 g/mol. The molecule has 0 bridgehead atoms. The largest absolute Gasteiger partial charge is 0.480 e. The molecule has 0 aromatic heterocycles. The summed E-state index contributed by atoms with van der Waals surface area (Å²) in [4.78, 5) is 22.3. The smallest absolute Gasteiger partial charge is 0.326 e. The molecule has 0 aliphatic carbocycles. The highest BCUT2D eigenvalue weighted by molar-refractivity contribution is 9.10. The third kappa shape index (κ3) is 4.30. The molecule has 1 rings (SSSR count). The van der Waals surface area contributed by atoms with Gasteiger partial charge in [-0.2, -0.15) is 0 Å². The molecule has 0 fully saturated rings. The fourth-order valence-corrected chi connectivity index (χ4v) is 1.76. The SMILES string of the molecule is C=CCC(NC(=O)Nc1c(F)cc(Br)cc1F)C(=O)O. The first-order valence-corrected chi connectivity index (χ1v) is 6.20. The van der Waals surface area contributed by atoms with Crippen LogP contribution in [-0.4, -0.2) is 23.1 Å². The summed E-state index contributed by atoms with van der Waals surface area (Å²) in [7, 11) is 0. The number of amides is 2. The van der Waals surface area contributed by atoms with E-state index < -0.39 is 35.4 Å². The Morgan fingerprint density at radius 1 is 1.40 bits per heavy atom. The van der Waals surface area contributed by atoms with Crippen LogP contribution in [0, 0.1) is 11.6 Å². The number of carboxylic acids is 1. The first kappa shape index (κ1) is 16.1. The number of hydrogen-bond donors (Lipinski definition) is 3. The van der Waals surface area contributed by atoms with E-state index in [9.17, 15) is 18.4 Å². The van der Waals surface area contributed by atoms with Crippen LogP contribution in [0.5, 0.6) is 0 Å². The van der Waals surface area contributed by atoms with Gasteiger partial charge < -0.3 is 15.7 Å². The molecular formula is C12H11BrF2N2O3. The van der Waals surface area contributed by atoms with Crippen molar-refractivity contribution in [1.82, 2.24) is 5.32 Å². The molecular weight excluding hydrogens is 338 g/mol. The van der Waals surface area contributed by atoms with Gasteiger partial charge in [-0.15, -0.1) is 6.58 Å². The minimum Gasteiger partial charge on any atom is -0.480 e. The summed E-state index contributed by atoms with van der Waals surface area (Å²) in [6, 6.07) is -0.317. The van der Waals surface area contributed by atoms with E-state index in [1.165, 1.54) is 6.08 Å². The van der Waals surface area contributed by atoms with E-state index in [0.717, 1.165) is 12.1 Å². The summed E-state index contributed by atoms with van der Waals surface area (Å²) in [5.74, 6) is -3.25. The Hall–Kier alpha value is -1.96. The summed E-state index contributed by atoms with van der Waals surface area (Å²) in [6.45, 7) is 3.35. The third-order valence-electron chi connectivity index (χ3n) is 2.25. The number of carboxylic acid groups (broad SMARTS) is 1. The van der Waals surface area contributed by atoms with Crippen molar-refractivity contribution < 1.29 is 23.5 Å². The maximum atomic E-state index is 13.5. The summed E-state index contributed by atoms with van der Waals surface area (Å²) in [6.07, 6.45) is 1.29. The molecule has 0 radical (unpaired) electrons. The maximum absolute atomic E-state index is 13.5. The van der Waals surface area contributed by atoms with Crippen molar-refractivity contribution >= 4 is 33.6 Å². The van der Waals surface area contributed by atoms with Crippen LogP contribution in [0.4, 0.5) is 19.3 Å². The minimum atomic E-state index is -1.28. The standard InChI is InChI=1S/C12H11BrF2N2O3/c1-2-3-9(11(18)19)16-12(20)17-10-7(14)4-6(13)5-8(10)15/h2,4-5,9H,1,3H2,(H,18,19)(H2,16,17,20). The van der Waals surface area contributed by atoms with Gasteiger partial charge in [0.05, 0.1) is 0 Å². The Morgan fingerprint density at radius 2 is 1.95 bits per heavy atom. The topological polar surface area (TPSA) is 78.4 Å². The van der Waals surface area contributed by atoms with Crippen molar-refractivity contribution in [3.63, 3.8) is 0 Å². The van der Waals surface area contributed by atoms with E-state index >= 15 is 0 Å². The van der Waals surface area contributed by atoms with Gasteiger partial charge >= 0.3 is 12.0 Å². The first-order valence-electron chi connectivity index (χ1n) is 5.41. The zero-order valence-corrected chi connectivity index (χ0v) is 11.7. The Bertz CT molecular complexity index is 528. The van der Waals surface area contributed by atoms with Crippen LogP contribution in [0.15, 0.2) is 29.3 Å². The molecule has 5 nitrogen and oxygen atoms in total. The molecule has 0 aliphatic rings. The second kappa shape index (κ2) is 6.99. The maximum Gasteiger partial charge on any atom is 0.326 e. The number of aliphatic carboxylic acids is 1. The lowest BCUT2D eigenvalue weighted by Crippen LogP contribution is -2.42. The van der Waals surface area contributed by atoms with Crippen LogP contribution >= 0.6 is 15.9 Å². The highest BCUT2D eigenvalue weighted by atomic mass is 79.9. The van der Waals surface area contributed by atoms with Crippen molar-refractivity contribution in [1.29, 1.82) is 0 Å². The lowest BCUT2D eigenvalue weighted by atomic mass is 10.2. The van der Waals surface area contributed by atoms with E-state index in [-0.39, 0.29) is 10.9 Å². The van der Waals surface area contributed by atoms with Crippen molar-refractivity contribution in [2.45, 2.75) is 12.5 Å². The van der Waals surface area contributed by atoms with Crippen LogP contribution in [-0.2, 0) is 4.79 Å². The highest BCUT2D eigenvalue weighted by Crippen LogP contribution is 2.23. The Labute approximate surface area is 121 Å². The normalized spacial score (nSPS) is 11.6. The van der Waals surface area contributed by atoms with Crippen LogP contribution in [0.1, 0.15) is 6.42 Å². The highest BCUT2D eigenvalue weighted by Gasteiger charge is 2.20. The number of urea groups is 1. The lowest BCUT2D eigenvalue weighted by molar-refractivity contribution is -0.139.